The summed E-state index contributed by atoms with van der Waals surface area (Å²) in [6, 6.07) is 2.41. The van der Waals surface area contributed by atoms with Crippen molar-refractivity contribution < 1.29 is 23.1 Å². The molecule has 0 spiro atoms. The first-order chi connectivity index (χ1) is 9.49. The third-order valence-corrected chi connectivity index (χ3v) is 3.45. The van der Waals surface area contributed by atoms with Gasteiger partial charge in [0.15, 0.2) is 0 Å². The van der Waals surface area contributed by atoms with Crippen LogP contribution in [0.4, 0.5) is 14.5 Å². The molecule has 4 nitrogen and oxygen atoms in total. The summed E-state index contributed by atoms with van der Waals surface area (Å²) in [4.78, 5) is 24.4. The summed E-state index contributed by atoms with van der Waals surface area (Å²) in [5, 5.41) is 0. The molecule has 0 aromatic heterocycles. The van der Waals surface area contributed by atoms with Gasteiger partial charge in [-0.05, 0) is 30.5 Å². The minimum Gasteiger partial charge on any atom is -0.468 e. The zero-order chi connectivity index (χ0) is 14.9. The van der Waals surface area contributed by atoms with E-state index in [-0.39, 0.29) is 13.0 Å². The van der Waals surface area contributed by atoms with E-state index in [0.29, 0.717) is 12.0 Å². The van der Waals surface area contributed by atoms with Crippen molar-refractivity contribution in [2.45, 2.75) is 19.8 Å². The molecule has 2 rings (SSSR count). The van der Waals surface area contributed by atoms with Gasteiger partial charge in [0.2, 0.25) is 5.91 Å². The number of carbonyl (C=O) groups excluding carboxylic acids is 2. The second kappa shape index (κ2) is 5.56. The standard InChI is InChI=1S/C14H15F2NO3/c1-3-8-6-10(15)12(11(16)7-8)17-5-4-9(13(17)18)14(19)20-2/h6-7,9H,3-5H2,1-2H3. The molecule has 20 heavy (non-hydrogen) atoms. The van der Waals surface area contributed by atoms with Gasteiger partial charge in [0.05, 0.1) is 7.11 Å². The van der Waals surface area contributed by atoms with Crippen LogP contribution in [0.1, 0.15) is 18.9 Å². The normalized spacial score (nSPS) is 18.5. The van der Waals surface area contributed by atoms with E-state index < -0.39 is 35.1 Å². The summed E-state index contributed by atoms with van der Waals surface area (Å²) >= 11 is 0. The number of amides is 1. The fourth-order valence-corrected chi connectivity index (χ4v) is 2.34. The predicted molar refractivity (Wildman–Crippen MR) is 68.2 cm³/mol. The smallest absolute Gasteiger partial charge is 0.318 e. The monoisotopic (exact) mass is 283 g/mol. The van der Waals surface area contributed by atoms with Crippen molar-refractivity contribution in [1.29, 1.82) is 0 Å². The van der Waals surface area contributed by atoms with Gasteiger partial charge in [0.25, 0.3) is 0 Å². The molecule has 1 atom stereocenters. The number of carbonyl (C=O) groups is 2. The van der Waals surface area contributed by atoms with Crippen LogP contribution in [0.5, 0.6) is 0 Å². The lowest BCUT2D eigenvalue weighted by Crippen LogP contribution is -2.32. The molecule has 0 N–H and O–H groups in total. The number of ether oxygens (including phenoxy) is 1. The topological polar surface area (TPSA) is 46.6 Å². The highest BCUT2D eigenvalue weighted by molar-refractivity contribution is 6.08. The highest BCUT2D eigenvalue weighted by atomic mass is 19.1. The quantitative estimate of drug-likeness (QED) is 0.630. The van der Waals surface area contributed by atoms with E-state index in [1.165, 1.54) is 19.2 Å². The molecular formula is C14H15F2NO3. The molecule has 1 fully saturated rings. The van der Waals surface area contributed by atoms with Crippen LogP contribution in [0.15, 0.2) is 12.1 Å². The van der Waals surface area contributed by atoms with Crippen LogP contribution in [0.25, 0.3) is 0 Å². The van der Waals surface area contributed by atoms with Crippen LogP contribution < -0.4 is 4.90 Å². The van der Waals surface area contributed by atoms with Gasteiger partial charge >= 0.3 is 5.97 Å². The first-order valence-electron chi connectivity index (χ1n) is 6.36. The molecule has 108 valence electrons. The Balaban J connectivity index is 2.34. The van der Waals surface area contributed by atoms with E-state index in [1.807, 2.05) is 0 Å². The number of esters is 1. The molecule has 1 heterocycles. The van der Waals surface area contributed by atoms with Crippen molar-refractivity contribution in [3.05, 3.63) is 29.3 Å². The Labute approximate surface area is 115 Å². The molecule has 1 saturated heterocycles. The number of rotatable bonds is 3. The Hall–Kier alpha value is -1.98. The van der Waals surface area contributed by atoms with E-state index in [4.69, 9.17) is 0 Å². The number of benzene rings is 1. The van der Waals surface area contributed by atoms with Crippen molar-refractivity contribution in [1.82, 2.24) is 0 Å². The van der Waals surface area contributed by atoms with Gasteiger partial charge in [-0.3, -0.25) is 9.59 Å². The van der Waals surface area contributed by atoms with Crippen LogP contribution >= 0.6 is 0 Å². The molecule has 6 heteroatoms. The summed E-state index contributed by atoms with van der Waals surface area (Å²) in [6.07, 6.45) is 0.687. The van der Waals surface area contributed by atoms with Crippen LogP contribution in [-0.4, -0.2) is 25.5 Å². The van der Waals surface area contributed by atoms with Gasteiger partial charge in [0, 0.05) is 6.54 Å². The Bertz CT molecular complexity index is 536. The SMILES string of the molecule is CCc1cc(F)c(N2CCC(C(=O)OC)C2=O)c(F)c1. The fraction of sp³-hybridized carbons (Fsp3) is 0.429. The average Bonchev–Trinajstić information content (AvgIpc) is 2.79. The average molecular weight is 283 g/mol. The maximum atomic E-state index is 14.0. The minimum atomic E-state index is -0.982. The number of hydrogen-bond acceptors (Lipinski definition) is 3. The van der Waals surface area contributed by atoms with E-state index in [2.05, 4.69) is 4.74 Å². The molecule has 1 aromatic rings. The maximum absolute atomic E-state index is 14.0. The lowest BCUT2D eigenvalue weighted by Gasteiger charge is -2.18. The molecule has 1 aliphatic rings. The van der Waals surface area contributed by atoms with E-state index >= 15 is 0 Å². The van der Waals surface area contributed by atoms with Crippen LogP contribution in [0, 0.1) is 17.6 Å². The van der Waals surface area contributed by atoms with Gasteiger partial charge < -0.3 is 9.64 Å². The Morgan fingerprint density at radius 1 is 1.40 bits per heavy atom. The summed E-state index contributed by atoms with van der Waals surface area (Å²) in [5.74, 6) is -3.87. The van der Waals surface area contributed by atoms with Gasteiger partial charge in [-0.1, -0.05) is 6.92 Å². The van der Waals surface area contributed by atoms with Gasteiger partial charge in [-0.2, -0.15) is 0 Å². The zero-order valence-corrected chi connectivity index (χ0v) is 11.3. The molecule has 0 aliphatic carbocycles. The third kappa shape index (κ3) is 2.37. The van der Waals surface area contributed by atoms with Gasteiger partial charge in [0.1, 0.15) is 23.2 Å². The zero-order valence-electron chi connectivity index (χ0n) is 11.3. The lowest BCUT2D eigenvalue weighted by atomic mass is 10.1. The molecule has 1 unspecified atom stereocenters. The molecular weight excluding hydrogens is 268 g/mol. The second-order valence-corrected chi connectivity index (χ2v) is 4.62. The number of aryl methyl sites for hydroxylation is 1. The third-order valence-electron chi connectivity index (χ3n) is 3.45. The van der Waals surface area contributed by atoms with E-state index in [0.717, 1.165) is 4.90 Å². The number of hydrogen-bond donors (Lipinski definition) is 0. The summed E-state index contributed by atoms with van der Waals surface area (Å²) in [7, 11) is 1.18. The Morgan fingerprint density at radius 3 is 2.50 bits per heavy atom. The van der Waals surface area contributed by atoms with Crippen LogP contribution in [0.3, 0.4) is 0 Å². The Morgan fingerprint density at radius 2 is 2.00 bits per heavy atom. The molecule has 1 amide bonds. The second-order valence-electron chi connectivity index (χ2n) is 4.62. The first kappa shape index (κ1) is 14.4. The molecule has 0 bridgehead atoms. The maximum Gasteiger partial charge on any atom is 0.318 e. The highest BCUT2D eigenvalue weighted by Gasteiger charge is 2.40. The number of anilines is 1. The van der Waals surface area contributed by atoms with E-state index in [9.17, 15) is 18.4 Å². The molecule has 0 radical (unpaired) electrons. The van der Waals surface area contributed by atoms with Crippen molar-refractivity contribution in [2.75, 3.05) is 18.6 Å². The van der Waals surface area contributed by atoms with Crippen molar-refractivity contribution >= 4 is 17.6 Å². The number of halogens is 2. The van der Waals surface area contributed by atoms with Crippen LogP contribution in [-0.2, 0) is 20.7 Å². The summed E-state index contributed by atoms with van der Waals surface area (Å²) in [5.41, 5.74) is 0.124. The van der Waals surface area contributed by atoms with Crippen molar-refractivity contribution in [2.24, 2.45) is 5.92 Å². The number of methoxy groups -OCH3 is 1. The lowest BCUT2D eigenvalue weighted by molar-refractivity contribution is -0.148. The summed E-state index contributed by atoms with van der Waals surface area (Å²) in [6.45, 7) is 1.88. The van der Waals surface area contributed by atoms with Crippen molar-refractivity contribution in [3.8, 4) is 0 Å². The minimum absolute atomic E-state index is 0.0952. The summed E-state index contributed by atoms with van der Waals surface area (Å²) < 4.78 is 32.5. The first-order valence-corrected chi connectivity index (χ1v) is 6.36. The molecule has 0 saturated carbocycles. The number of nitrogens with zero attached hydrogens (tertiary/aromatic N) is 1. The molecule has 1 aromatic carbocycles. The molecule has 1 aliphatic heterocycles. The van der Waals surface area contributed by atoms with Gasteiger partial charge in [-0.25, -0.2) is 8.78 Å². The van der Waals surface area contributed by atoms with Crippen LogP contribution in [0.2, 0.25) is 0 Å². The van der Waals surface area contributed by atoms with Crippen molar-refractivity contribution in [3.63, 3.8) is 0 Å². The Kier molecular flexibility index (Phi) is 4.01. The predicted octanol–water partition coefficient (Wildman–Crippen LogP) is 2.05. The highest BCUT2D eigenvalue weighted by Crippen LogP contribution is 2.31. The fourth-order valence-electron chi connectivity index (χ4n) is 2.34. The van der Waals surface area contributed by atoms with Gasteiger partial charge in [-0.15, -0.1) is 0 Å². The largest absolute Gasteiger partial charge is 0.468 e. The van der Waals surface area contributed by atoms with E-state index in [1.54, 1.807) is 6.92 Å².